The first-order valence-electron chi connectivity index (χ1n) is 9.22. The molecule has 6 nitrogen and oxygen atoms in total. The Bertz CT molecular complexity index is 1040. The van der Waals surface area contributed by atoms with Crippen molar-refractivity contribution >= 4 is 28.5 Å². The fourth-order valence-corrected chi connectivity index (χ4v) is 3.67. The molecular weight excluding hydrogens is 376 g/mol. The summed E-state index contributed by atoms with van der Waals surface area (Å²) in [4.78, 5) is 26.9. The van der Waals surface area contributed by atoms with Crippen LogP contribution in [-0.4, -0.2) is 40.6 Å². The smallest absolute Gasteiger partial charge is 0.328 e. The maximum atomic E-state index is 12.5. The number of para-hydroxylation sites is 2. The molecule has 1 N–H and O–H groups in total. The van der Waals surface area contributed by atoms with Crippen molar-refractivity contribution in [3.05, 3.63) is 69.6 Å². The van der Waals surface area contributed by atoms with Gasteiger partial charge in [-0.2, -0.15) is 0 Å². The third-order valence-corrected chi connectivity index (χ3v) is 5.34. The van der Waals surface area contributed by atoms with Gasteiger partial charge in [0.1, 0.15) is 0 Å². The van der Waals surface area contributed by atoms with Gasteiger partial charge in [-0.05, 0) is 37.9 Å². The Morgan fingerprint density at radius 3 is 2.43 bits per heavy atom. The van der Waals surface area contributed by atoms with Gasteiger partial charge in [-0.25, -0.2) is 4.79 Å². The van der Waals surface area contributed by atoms with Gasteiger partial charge in [0.15, 0.2) is 0 Å². The van der Waals surface area contributed by atoms with E-state index in [2.05, 4.69) is 5.32 Å². The Kier molecular flexibility index (Phi) is 6.21. The van der Waals surface area contributed by atoms with E-state index in [4.69, 9.17) is 11.6 Å². The lowest BCUT2D eigenvalue weighted by atomic mass is 10.1. The molecule has 0 saturated carbocycles. The van der Waals surface area contributed by atoms with Crippen LogP contribution in [-0.2, 0) is 18.4 Å². The van der Waals surface area contributed by atoms with E-state index < -0.39 is 0 Å². The number of nitrogens with zero attached hydrogens (tertiary/aromatic N) is 3. The molecule has 0 fully saturated rings. The molecule has 148 valence electrons. The van der Waals surface area contributed by atoms with Gasteiger partial charge in [0.05, 0.1) is 17.1 Å². The van der Waals surface area contributed by atoms with Crippen LogP contribution in [0.1, 0.15) is 18.0 Å². The minimum Gasteiger partial charge on any atom is -0.354 e. The summed E-state index contributed by atoms with van der Waals surface area (Å²) in [5.41, 5.74) is 2.56. The molecule has 3 rings (SSSR count). The number of carbonyl (C=O) groups excluding carboxylic acids is 1. The minimum absolute atomic E-state index is 0.0297. The van der Waals surface area contributed by atoms with Crippen molar-refractivity contribution in [2.24, 2.45) is 7.05 Å². The van der Waals surface area contributed by atoms with Crippen LogP contribution in [0, 0.1) is 0 Å². The first-order chi connectivity index (χ1) is 13.4. The van der Waals surface area contributed by atoms with Gasteiger partial charge >= 0.3 is 5.69 Å². The molecule has 0 spiro atoms. The molecule has 0 bridgehead atoms. The molecule has 1 amide bonds. The normalized spacial score (nSPS) is 12.5. The quantitative estimate of drug-likeness (QED) is 0.663. The molecular formula is C21H25ClN4O2. The summed E-state index contributed by atoms with van der Waals surface area (Å²) in [6, 6.07) is 15.2. The zero-order chi connectivity index (χ0) is 20.3. The number of likely N-dealkylation sites (N-methyl/N-ethyl adjacent to an activating group) is 1. The van der Waals surface area contributed by atoms with Crippen molar-refractivity contribution in [1.82, 2.24) is 19.4 Å². The molecule has 0 aliphatic heterocycles. The lowest BCUT2D eigenvalue weighted by Gasteiger charge is -2.26. The molecule has 7 heteroatoms. The van der Waals surface area contributed by atoms with E-state index in [9.17, 15) is 9.59 Å². The third-order valence-electron chi connectivity index (χ3n) is 4.99. The molecule has 0 aliphatic carbocycles. The van der Waals surface area contributed by atoms with E-state index in [1.807, 2.05) is 67.5 Å². The third kappa shape index (κ3) is 4.13. The van der Waals surface area contributed by atoms with E-state index >= 15 is 0 Å². The van der Waals surface area contributed by atoms with Crippen LogP contribution in [0.3, 0.4) is 0 Å². The highest BCUT2D eigenvalue weighted by molar-refractivity contribution is 6.31. The number of hydrogen-bond donors (Lipinski definition) is 1. The summed E-state index contributed by atoms with van der Waals surface area (Å²) in [6.45, 7) is 0.782. The molecule has 0 aliphatic rings. The van der Waals surface area contributed by atoms with E-state index in [0.29, 0.717) is 18.1 Å². The topological polar surface area (TPSA) is 59.3 Å². The SMILES string of the molecule is CN(C)[C@H](CNC(=O)CCn1c(=O)n(C)c2ccccc21)c1ccccc1Cl. The highest BCUT2D eigenvalue weighted by Gasteiger charge is 2.18. The standard InChI is InChI=1S/C21H25ClN4O2/c1-24(2)19(15-8-4-5-9-16(15)22)14-23-20(27)12-13-26-18-11-7-6-10-17(18)25(3)21(26)28/h4-11,19H,12-14H2,1-3H3,(H,23,27)/t19-/m1/s1. The number of imidazole rings is 1. The Morgan fingerprint density at radius 2 is 1.75 bits per heavy atom. The van der Waals surface area contributed by atoms with Gasteiger partial charge < -0.3 is 10.2 Å². The summed E-state index contributed by atoms with van der Waals surface area (Å²) >= 11 is 6.32. The predicted octanol–water partition coefficient (Wildman–Crippen LogP) is 2.80. The second-order valence-corrected chi connectivity index (χ2v) is 7.44. The number of nitrogens with one attached hydrogen (secondary N) is 1. The molecule has 2 aromatic carbocycles. The van der Waals surface area contributed by atoms with Crippen molar-refractivity contribution < 1.29 is 4.79 Å². The second-order valence-electron chi connectivity index (χ2n) is 7.04. The van der Waals surface area contributed by atoms with E-state index in [0.717, 1.165) is 16.6 Å². The Balaban J connectivity index is 1.66. The minimum atomic E-state index is -0.115. The van der Waals surface area contributed by atoms with Crippen LogP contribution in [0.5, 0.6) is 0 Å². The van der Waals surface area contributed by atoms with Crippen molar-refractivity contribution in [1.29, 1.82) is 0 Å². The largest absolute Gasteiger partial charge is 0.354 e. The molecule has 28 heavy (non-hydrogen) atoms. The Hall–Kier alpha value is -2.57. The average Bonchev–Trinajstić information content (AvgIpc) is 2.92. The maximum Gasteiger partial charge on any atom is 0.328 e. The molecule has 1 aromatic heterocycles. The molecule has 0 radical (unpaired) electrons. The van der Waals surface area contributed by atoms with Crippen LogP contribution in [0.4, 0.5) is 0 Å². The first-order valence-corrected chi connectivity index (χ1v) is 9.59. The fraction of sp³-hybridized carbons (Fsp3) is 0.333. The Labute approximate surface area is 169 Å². The van der Waals surface area contributed by atoms with Gasteiger partial charge in [0.2, 0.25) is 5.91 Å². The molecule has 0 unspecified atom stereocenters. The number of halogens is 1. The Morgan fingerprint density at radius 1 is 1.11 bits per heavy atom. The van der Waals surface area contributed by atoms with Crippen LogP contribution in [0.2, 0.25) is 5.02 Å². The summed E-state index contributed by atoms with van der Waals surface area (Å²) in [7, 11) is 5.65. The lowest BCUT2D eigenvalue weighted by Crippen LogP contribution is -2.35. The maximum absolute atomic E-state index is 12.5. The highest BCUT2D eigenvalue weighted by atomic mass is 35.5. The second kappa shape index (κ2) is 8.63. The zero-order valence-corrected chi connectivity index (χ0v) is 17.1. The summed E-state index contributed by atoms with van der Waals surface area (Å²) < 4.78 is 3.25. The monoisotopic (exact) mass is 400 g/mol. The number of carbonyl (C=O) groups is 1. The molecule has 1 atom stereocenters. The number of rotatable bonds is 7. The summed E-state index contributed by atoms with van der Waals surface area (Å²) in [6.07, 6.45) is 0.233. The van der Waals surface area contributed by atoms with Crippen LogP contribution >= 0.6 is 11.6 Å². The molecule has 1 heterocycles. The number of amides is 1. The van der Waals surface area contributed by atoms with Gasteiger partial charge in [-0.1, -0.05) is 41.9 Å². The fourth-order valence-electron chi connectivity index (χ4n) is 3.41. The van der Waals surface area contributed by atoms with Crippen molar-refractivity contribution in [2.45, 2.75) is 19.0 Å². The molecule has 0 saturated heterocycles. The number of benzene rings is 2. The van der Waals surface area contributed by atoms with Crippen LogP contribution < -0.4 is 11.0 Å². The number of aryl methyl sites for hydroxylation is 2. The van der Waals surface area contributed by atoms with Crippen LogP contribution in [0.25, 0.3) is 11.0 Å². The van der Waals surface area contributed by atoms with Gasteiger partial charge in [0, 0.05) is 31.6 Å². The summed E-state index contributed by atoms with van der Waals surface area (Å²) in [5, 5.41) is 3.65. The van der Waals surface area contributed by atoms with E-state index in [1.165, 1.54) is 0 Å². The van der Waals surface area contributed by atoms with Gasteiger partial charge in [0.25, 0.3) is 0 Å². The molecule has 3 aromatic rings. The van der Waals surface area contributed by atoms with Crippen molar-refractivity contribution in [2.75, 3.05) is 20.6 Å². The van der Waals surface area contributed by atoms with E-state index in [1.54, 1.807) is 16.2 Å². The first kappa shape index (κ1) is 20.2. The van der Waals surface area contributed by atoms with Gasteiger partial charge in [-0.15, -0.1) is 0 Å². The predicted molar refractivity (Wildman–Crippen MR) is 113 cm³/mol. The average molecular weight is 401 g/mol. The van der Waals surface area contributed by atoms with Crippen molar-refractivity contribution in [3.63, 3.8) is 0 Å². The van der Waals surface area contributed by atoms with Crippen molar-refractivity contribution in [3.8, 4) is 0 Å². The number of aromatic nitrogens is 2. The van der Waals surface area contributed by atoms with Crippen LogP contribution in [0.15, 0.2) is 53.3 Å². The number of hydrogen-bond acceptors (Lipinski definition) is 3. The summed E-state index contributed by atoms with van der Waals surface area (Å²) in [5.74, 6) is -0.0984. The van der Waals surface area contributed by atoms with Gasteiger partial charge in [-0.3, -0.25) is 13.9 Å². The zero-order valence-electron chi connectivity index (χ0n) is 16.4. The lowest BCUT2D eigenvalue weighted by molar-refractivity contribution is -0.121. The number of fused-ring (bicyclic) bond motifs is 1. The van der Waals surface area contributed by atoms with E-state index in [-0.39, 0.29) is 24.1 Å². The highest BCUT2D eigenvalue weighted by Crippen LogP contribution is 2.25.